The maximum atomic E-state index is 12.5. The van der Waals surface area contributed by atoms with Gasteiger partial charge in [-0.05, 0) is 30.9 Å². The highest BCUT2D eigenvalue weighted by Gasteiger charge is 2.14. The van der Waals surface area contributed by atoms with Gasteiger partial charge >= 0.3 is 0 Å². The first-order chi connectivity index (χ1) is 11.1. The third kappa shape index (κ3) is 4.07. The molecule has 1 N–H and O–H groups in total. The van der Waals surface area contributed by atoms with Gasteiger partial charge in [0, 0.05) is 17.5 Å². The summed E-state index contributed by atoms with van der Waals surface area (Å²) in [7, 11) is 3.24. The number of rotatable bonds is 7. The highest BCUT2D eigenvalue weighted by atomic mass is 32.2. The summed E-state index contributed by atoms with van der Waals surface area (Å²) >= 11 is 1.44. The molecule has 0 saturated carbocycles. The topological polar surface area (TPSA) is 64.2 Å². The van der Waals surface area contributed by atoms with Crippen molar-refractivity contribution in [3.63, 3.8) is 0 Å². The summed E-state index contributed by atoms with van der Waals surface area (Å²) in [4.78, 5) is 19.9. The van der Waals surface area contributed by atoms with Gasteiger partial charge < -0.3 is 14.5 Å². The van der Waals surface area contributed by atoms with Gasteiger partial charge in [0.25, 0.3) is 5.56 Å². The lowest BCUT2D eigenvalue weighted by atomic mass is 10.0. The molecule has 2 rings (SSSR count). The molecule has 0 bridgehead atoms. The Balaban J connectivity index is 2.49. The van der Waals surface area contributed by atoms with Crippen LogP contribution in [-0.4, -0.2) is 30.4 Å². The minimum atomic E-state index is -0.0855. The highest BCUT2D eigenvalue weighted by Crippen LogP contribution is 2.26. The predicted molar refractivity (Wildman–Crippen MR) is 93.0 cm³/mol. The second-order valence-electron chi connectivity index (χ2n) is 5.11. The van der Waals surface area contributed by atoms with Crippen molar-refractivity contribution < 1.29 is 9.47 Å². The Morgan fingerprint density at radius 1 is 1.26 bits per heavy atom. The third-order valence-electron chi connectivity index (χ3n) is 3.61. The van der Waals surface area contributed by atoms with Crippen LogP contribution in [-0.2, 0) is 12.8 Å². The van der Waals surface area contributed by atoms with Gasteiger partial charge in [-0.2, -0.15) is 0 Å². The number of thioether (sulfide) groups is 1. The maximum absolute atomic E-state index is 12.5. The molecule has 6 heteroatoms. The second kappa shape index (κ2) is 8.06. The van der Waals surface area contributed by atoms with Crippen LogP contribution in [0.2, 0.25) is 0 Å². The van der Waals surface area contributed by atoms with E-state index in [-0.39, 0.29) is 5.56 Å². The molecule has 2 aromatic rings. The van der Waals surface area contributed by atoms with Crippen LogP contribution >= 0.6 is 11.8 Å². The van der Waals surface area contributed by atoms with E-state index in [1.165, 1.54) is 11.8 Å². The van der Waals surface area contributed by atoms with Crippen molar-refractivity contribution in [2.45, 2.75) is 31.3 Å². The fraction of sp³-hybridized carbons (Fsp3) is 0.412. The van der Waals surface area contributed by atoms with Crippen molar-refractivity contribution >= 4 is 11.8 Å². The number of aryl methyl sites for hydroxylation is 1. The van der Waals surface area contributed by atoms with E-state index in [9.17, 15) is 4.79 Å². The molecular formula is C17H22N2O3S. The number of aromatic amines is 1. The number of ether oxygens (including phenoxy) is 2. The van der Waals surface area contributed by atoms with E-state index in [4.69, 9.17) is 9.47 Å². The summed E-state index contributed by atoms with van der Waals surface area (Å²) in [5.74, 6) is 1.48. The number of nitrogens with one attached hydrogen (secondary N) is 1. The molecule has 0 unspecified atom stereocenters. The van der Waals surface area contributed by atoms with Gasteiger partial charge in [-0.25, -0.2) is 4.98 Å². The zero-order valence-corrected chi connectivity index (χ0v) is 14.8. The van der Waals surface area contributed by atoms with Crippen molar-refractivity contribution in [2.24, 2.45) is 0 Å². The minimum Gasteiger partial charge on any atom is -0.497 e. The molecule has 0 saturated heterocycles. The molecule has 1 heterocycles. The first-order valence-electron chi connectivity index (χ1n) is 7.49. The molecule has 0 amide bonds. The lowest BCUT2D eigenvalue weighted by molar-refractivity contribution is 0.399. The van der Waals surface area contributed by atoms with Crippen molar-refractivity contribution in [3.8, 4) is 11.5 Å². The van der Waals surface area contributed by atoms with E-state index in [2.05, 4.69) is 16.9 Å². The number of benzene rings is 1. The van der Waals surface area contributed by atoms with Gasteiger partial charge in [-0.3, -0.25) is 4.79 Å². The Hall–Kier alpha value is -1.95. The Morgan fingerprint density at radius 2 is 2.04 bits per heavy atom. The average molecular weight is 334 g/mol. The van der Waals surface area contributed by atoms with Crippen LogP contribution in [0.15, 0.2) is 28.2 Å². The molecule has 5 nitrogen and oxygen atoms in total. The van der Waals surface area contributed by atoms with Crippen LogP contribution < -0.4 is 15.0 Å². The van der Waals surface area contributed by atoms with Crippen LogP contribution in [0.3, 0.4) is 0 Å². The van der Waals surface area contributed by atoms with Crippen molar-refractivity contribution in [1.29, 1.82) is 0 Å². The minimum absolute atomic E-state index is 0.0855. The van der Waals surface area contributed by atoms with E-state index in [0.717, 1.165) is 35.6 Å². The van der Waals surface area contributed by atoms with Crippen LogP contribution in [0.1, 0.15) is 30.2 Å². The molecule has 0 aliphatic rings. The van der Waals surface area contributed by atoms with Gasteiger partial charge in [-0.15, -0.1) is 0 Å². The number of H-pyrrole nitrogens is 1. The van der Waals surface area contributed by atoms with Crippen LogP contribution in [0.4, 0.5) is 0 Å². The molecule has 0 atom stereocenters. The summed E-state index contributed by atoms with van der Waals surface area (Å²) in [6.45, 7) is 2.08. The molecule has 0 aliphatic carbocycles. The van der Waals surface area contributed by atoms with Crippen molar-refractivity contribution in [2.75, 3.05) is 20.5 Å². The lowest BCUT2D eigenvalue weighted by Gasteiger charge is -2.13. The van der Waals surface area contributed by atoms with Gasteiger partial charge in [0.1, 0.15) is 11.5 Å². The number of methoxy groups -OCH3 is 2. The van der Waals surface area contributed by atoms with Gasteiger partial charge in [0.15, 0.2) is 5.16 Å². The molecule has 124 valence electrons. The number of hydrogen-bond acceptors (Lipinski definition) is 5. The molecule has 0 aliphatic heterocycles. The smallest absolute Gasteiger partial charge is 0.255 e. The van der Waals surface area contributed by atoms with Gasteiger partial charge in [0.2, 0.25) is 0 Å². The molecule has 1 aromatic heterocycles. The molecule has 0 radical (unpaired) electrons. The summed E-state index contributed by atoms with van der Waals surface area (Å²) in [5, 5.41) is 0.653. The molecule has 23 heavy (non-hydrogen) atoms. The third-order valence-corrected chi connectivity index (χ3v) is 4.19. The van der Waals surface area contributed by atoms with Gasteiger partial charge in [0.05, 0.1) is 19.9 Å². The maximum Gasteiger partial charge on any atom is 0.255 e. The Kier molecular flexibility index (Phi) is 6.10. The standard InChI is InChI=1S/C17H22N2O3S/c1-5-6-14-13(16(20)19-17(18-14)23-4)10-11-9-12(21-2)7-8-15(11)22-3/h7-9H,5-6,10H2,1-4H3,(H,18,19,20). The summed E-state index contributed by atoms with van der Waals surface area (Å²) in [6.07, 6.45) is 4.08. The van der Waals surface area contributed by atoms with Crippen LogP contribution in [0.25, 0.3) is 0 Å². The highest BCUT2D eigenvalue weighted by molar-refractivity contribution is 7.98. The predicted octanol–water partition coefficient (Wildman–Crippen LogP) is 3.05. The second-order valence-corrected chi connectivity index (χ2v) is 5.90. The summed E-state index contributed by atoms with van der Waals surface area (Å²) in [5.41, 5.74) is 2.37. The SMILES string of the molecule is CCCc1nc(SC)[nH]c(=O)c1Cc1cc(OC)ccc1OC. The molecular weight excluding hydrogens is 312 g/mol. The fourth-order valence-corrected chi connectivity index (χ4v) is 2.85. The molecule has 0 fully saturated rings. The van der Waals surface area contributed by atoms with E-state index in [1.54, 1.807) is 14.2 Å². The first-order valence-corrected chi connectivity index (χ1v) is 8.72. The normalized spacial score (nSPS) is 10.6. The fourth-order valence-electron chi connectivity index (χ4n) is 2.45. The lowest BCUT2D eigenvalue weighted by Crippen LogP contribution is -2.19. The monoisotopic (exact) mass is 334 g/mol. The zero-order chi connectivity index (χ0) is 16.8. The van der Waals surface area contributed by atoms with Crippen molar-refractivity contribution in [3.05, 3.63) is 45.4 Å². The number of aromatic nitrogens is 2. The number of hydrogen-bond donors (Lipinski definition) is 1. The largest absolute Gasteiger partial charge is 0.497 e. The molecule has 0 spiro atoms. The van der Waals surface area contributed by atoms with Crippen LogP contribution in [0, 0.1) is 0 Å². The van der Waals surface area contributed by atoms with E-state index in [0.29, 0.717) is 17.1 Å². The average Bonchev–Trinajstić information content (AvgIpc) is 2.57. The summed E-state index contributed by atoms with van der Waals surface area (Å²) in [6, 6.07) is 5.59. The Morgan fingerprint density at radius 3 is 2.65 bits per heavy atom. The summed E-state index contributed by atoms with van der Waals surface area (Å²) < 4.78 is 10.7. The van der Waals surface area contributed by atoms with Gasteiger partial charge in [-0.1, -0.05) is 25.1 Å². The van der Waals surface area contributed by atoms with E-state index < -0.39 is 0 Å². The quantitative estimate of drug-likeness (QED) is 0.623. The molecule has 1 aromatic carbocycles. The van der Waals surface area contributed by atoms with Crippen LogP contribution in [0.5, 0.6) is 11.5 Å². The first kappa shape index (κ1) is 17.4. The zero-order valence-electron chi connectivity index (χ0n) is 13.9. The number of nitrogens with zero attached hydrogens (tertiary/aromatic N) is 1. The Bertz CT molecular complexity index is 728. The Labute approximate surface area is 140 Å². The van der Waals surface area contributed by atoms with Crippen molar-refractivity contribution in [1.82, 2.24) is 9.97 Å². The van der Waals surface area contributed by atoms with E-state index in [1.807, 2.05) is 24.5 Å². The van der Waals surface area contributed by atoms with E-state index >= 15 is 0 Å².